The maximum Gasteiger partial charge on any atom is 0.137 e. The van der Waals surface area contributed by atoms with E-state index in [9.17, 15) is 15.0 Å². The largest absolute Gasteiger partial charge is 0.530 e. The first kappa shape index (κ1) is 13.3. The number of aliphatic hydroxyl groups excluding tert-OH is 1. The van der Waals surface area contributed by atoms with Crippen LogP contribution >= 0.6 is 0 Å². The van der Waals surface area contributed by atoms with E-state index in [1.54, 1.807) is 6.92 Å². The number of nitrogens with zero attached hydrogens (tertiary/aromatic N) is 1. The molecule has 0 aromatic heterocycles. The molecule has 0 saturated carbocycles. The van der Waals surface area contributed by atoms with Crippen molar-refractivity contribution < 1.29 is 15.0 Å². The Morgan fingerprint density at radius 2 is 2.00 bits per heavy atom. The second-order valence-electron chi connectivity index (χ2n) is 5.08. The molecule has 1 saturated heterocycles. The summed E-state index contributed by atoms with van der Waals surface area (Å²) in [5.74, 6) is 0.267. The molecule has 0 aromatic carbocycles. The van der Waals surface area contributed by atoms with Crippen LogP contribution in [0.2, 0.25) is 0 Å². The predicted molar refractivity (Wildman–Crippen MR) is 59.7 cm³/mol. The van der Waals surface area contributed by atoms with E-state index in [-0.39, 0.29) is 17.9 Å². The zero-order valence-electron chi connectivity index (χ0n) is 10.3. The summed E-state index contributed by atoms with van der Waals surface area (Å²) in [6.07, 6.45) is 1.18. The number of carbonyl (C=O) groups is 1. The molecular formula is C12H22NO3-. The van der Waals surface area contributed by atoms with Crippen molar-refractivity contribution in [3.63, 3.8) is 0 Å². The van der Waals surface area contributed by atoms with Gasteiger partial charge in [-0.3, -0.25) is 0 Å². The van der Waals surface area contributed by atoms with Gasteiger partial charge in [0.15, 0.2) is 0 Å². The van der Waals surface area contributed by atoms with E-state index in [0.29, 0.717) is 6.54 Å². The first-order valence-electron chi connectivity index (χ1n) is 6.10. The molecule has 0 radical (unpaired) electrons. The molecule has 3 unspecified atom stereocenters. The number of hydrogen-bond acceptors (Lipinski definition) is 3. The normalized spacial score (nSPS) is 25.6. The average molecular weight is 228 g/mol. The Morgan fingerprint density at radius 3 is 2.44 bits per heavy atom. The van der Waals surface area contributed by atoms with Gasteiger partial charge in [-0.2, -0.15) is 0 Å². The summed E-state index contributed by atoms with van der Waals surface area (Å²) in [5, 5.41) is 20.8. The number of amides is 1. The number of likely N-dealkylation sites (tertiary alicyclic amines) is 1. The van der Waals surface area contributed by atoms with E-state index in [1.807, 2.05) is 13.8 Å². The molecule has 1 rings (SSSR count). The van der Waals surface area contributed by atoms with Crippen LogP contribution in [0, 0.1) is 11.8 Å². The molecule has 0 aliphatic carbocycles. The molecule has 1 fully saturated rings. The number of piperidine rings is 1. The maximum absolute atomic E-state index is 11.0. The van der Waals surface area contributed by atoms with E-state index in [1.165, 1.54) is 4.90 Å². The van der Waals surface area contributed by atoms with Gasteiger partial charge < -0.3 is 19.9 Å². The summed E-state index contributed by atoms with van der Waals surface area (Å²) in [6.45, 7) is 6.34. The lowest BCUT2D eigenvalue weighted by molar-refractivity contribution is -0.271. The Kier molecular flexibility index (Phi) is 4.59. The van der Waals surface area contributed by atoms with Crippen molar-refractivity contribution in [2.75, 3.05) is 6.54 Å². The van der Waals surface area contributed by atoms with Crippen LogP contribution in [0.3, 0.4) is 0 Å². The summed E-state index contributed by atoms with van der Waals surface area (Å²) in [5.41, 5.74) is 0. The number of aliphatic hydroxyl groups is 1. The summed E-state index contributed by atoms with van der Waals surface area (Å²) >= 11 is 0. The highest BCUT2D eigenvalue weighted by molar-refractivity contribution is 5.63. The molecule has 3 atom stereocenters. The molecule has 1 heterocycles. The first-order chi connectivity index (χ1) is 7.45. The topological polar surface area (TPSA) is 63.6 Å². The van der Waals surface area contributed by atoms with Crippen LogP contribution in [0.5, 0.6) is 0 Å². The summed E-state index contributed by atoms with van der Waals surface area (Å²) in [4.78, 5) is 12.5. The fourth-order valence-corrected chi connectivity index (χ4v) is 2.91. The second-order valence-corrected chi connectivity index (χ2v) is 5.08. The molecule has 16 heavy (non-hydrogen) atoms. The van der Waals surface area contributed by atoms with Crippen LogP contribution in [-0.4, -0.2) is 34.8 Å². The monoisotopic (exact) mass is 228 g/mol. The van der Waals surface area contributed by atoms with Crippen molar-refractivity contribution in [2.24, 2.45) is 11.8 Å². The van der Waals surface area contributed by atoms with Gasteiger partial charge in [-0.15, -0.1) is 0 Å². The van der Waals surface area contributed by atoms with Gasteiger partial charge >= 0.3 is 0 Å². The van der Waals surface area contributed by atoms with E-state index >= 15 is 0 Å². The molecule has 94 valence electrons. The van der Waals surface area contributed by atoms with Crippen molar-refractivity contribution in [1.29, 1.82) is 0 Å². The lowest BCUT2D eigenvalue weighted by atomic mass is 9.80. The third kappa shape index (κ3) is 2.88. The van der Waals surface area contributed by atoms with Gasteiger partial charge in [0, 0.05) is 18.5 Å². The molecule has 4 heteroatoms. The SMILES string of the molecule is CC(C)C(C(C)O)C1CCCCN1C(=O)[O-]. The van der Waals surface area contributed by atoms with Gasteiger partial charge in [-0.1, -0.05) is 13.8 Å². The zero-order valence-corrected chi connectivity index (χ0v) is 10.3. The fourth-order valence-electron chi connectivity index (χ4n) is 2.91. The highest BCUT2D eigenvalue weighted by Gasteiger charge is 2.34. The summed E-state index contributed by atoms with van der Waals surface area (Å²) < 4.78 is 0. The highest BCUT2D eigenvalue weighted by atomic mass is 16.4. The summed E-state index contributed by atoms with van der Waals surface area (Å²) in [6, 6.07) is -0.0845. The molecule has 0 aromatic rings. The lowest BCUT2D eigenvalue weighted by Gasteiger charge is -2.44. The van der Waals surface area contributed by atoms with E-state index < -0.39 is 12.2 Å². The van der Waals surface area contributed by atoms with Crippen LogP contribution in [0.25, 0.3) is 0 Å². The van der Waals surface area contributed by atoms with Crippen LogP contribution in [0.4, 0.5) is 4.79 Å². The van der Waals surface area contributed by atoms with Gasteiger partial charge in [0.25, 0.3) is 0 Å². The van der Waals surface area contributed by atoms with Gasteiger partial charge in [0.2, 0.25) is 0 Å². The average Bonchev–Trinajstić information content (AvgIpc) is 2.17. The molecule has 4 nitrogen and oxygen atoms in total. The van der Waals surface area contributed by atoms with E-state index in [4.69, 9.17) is 0 Å². The maximum atomic E-state index is 11.0. The standard InChI is InChI=1S/C12H23NO3/c1-8(2)11(9(3)14)10-6-4-5-7-13(10)12(15)16/h8-11,14H,4-7H2,1-3H3,(H,15,16)/p-1. The number of carbonyl (C=O) groups excluding carboxylic acids is 1. The number of rotatable bonds is 3. The van der Waals surface area contributed by atoms with Gasteiger partial charge in [0.1, 0.15) is 6.09 Å². The first-order valence-corrected chi connectivity index (χ1v) is 6.10. The van der Waals surface area contributed by atoms with E-state index in [0.717, 1.165) is 19.3 Å². The fraction of sp³-hybridized carbons (Fsp3) is 0.917. The Labute approximate surface area is 97.3 Å². The lowest BCUT2D eigenvalue weighted by Crippen LogP contribution is -2.55. The minimum absolute atomic E-state index is 0.00167. The third-order valence-corrected chi connectivity index (χ3v) is 3.55. The van der Waals surface area contributed by atoms with Crippen LogP contribution in [-0.2, 0) is 0 Å². The van der Waals surface area contributed by atoms with Gasteiger partial charge in [0.05, 0.1) is 6.10 Å². The highest BCUT2D eigenvalue weighted by Crippen LogP contribution is 2.30. The minimum Gasteiger partial charge on any atom is -0.530 e. The Bertz CT molecular complexity index is 232. The van der Waals surface area contributed by atoms with E-state index in [2.05, 4.69) is 0 Å². The Balaban J connectivity index is 2.83. The van der Waals surface area contributed by atoms with Crippen molar-refractivity contribution in [3.8, 4) is 0 Å². The second kappa shape index (κ2) is 5.53. The predicted octanol–water partition coefficient (Wildman–Crippen LogP) is 0.837. The molecular weight excluding hydrogens is 206 g/mol. The van der Waals surface area contributed by atoms with Crippen LogP contribution < -0.4 is 5.11 Å². The number of hydrogen-bond donors (Lipinski definition) is 1. The minimum atomic E-state index is -1.10. The van der Waals surface area contributed by atoms with Gasteiger partial charge in [-0.05, 0) is 32.1 Å². The molecule has 1 aliphatic heterocycles. The van der Waals surface area contributed by atoms with Gasteiger partial charge in [-0.25, -0.2) is 0 Å². The Morgan fingerprint density at radius 1 is 1.38 bits per heavy atom. The quantitative estimate of drug-likeness (QED) is 0.778. The molecule has 0 spiro atoms. The molecule has 1 amide bonds. The Hall–Kier alpha value is -0.770. The summed E-state index contributed by atoms with van der Waals surface area (Å²) in [7, 11) is 0. The van der Waals surface area contributed by atoms with Crippen molar-refractivity contribution in [1.82, 2.24) is 4.90 Å². The zero-order chi connectivity index (χ0) is 12.3. The van der Waals surface area contributed by atoms with Crippen LogP contribution in [0.15, 0.2) is 0 Å². The van der Waals surface area contributed by atoms with Crippen LogP contribution in [0.1, 0.15) is 40.0 Å². The third-order valence-electron chi connectivity index (χ3n) is 3.55. The smallest absolute Gasteiger partial charge is 0.137 e. The van der Waals surface area contributed by atoms with Crippen molar-refractivity contribution in [3.05, 3.63) is 0 Å². The molecule has 1 aliphatic rings. The number of carboxylic acid groups (broad SMARTS) is 1. The molecule has 1 N–H and O–H groups in total. The molecule has 0 bridgehead atoms. The van der Waals surface area contributed by atoms with Crippen molar-refractivity contribution >= 4 is 6.09 Å². The van der Waals surface area contributed by atoms with Crippen molar-refractivity contribution in [2.45, 2.75) is 52.2 Å².